The van der Waals surface area contributed by atoms with E-state index in [4.69, 9.17) is 9.47 Å². The van der Waals surface area contributed by atoms with Crippen molar-refractivity contribution in [3.63, 3.8) is 0 Å². The van der Waals surface area contributed by atoms with Crippen molar-refractivity contribution in [2.75, 3.05) is 7.11 Å². The second-order valence-corrected chi connectivity index (χ2v) is 4.02. The Morgan fingerprint density at radius 3 is 2.50 bits per heavy atom. The number of ketones is 1. The zero-order chi connectivity index (χ0) is 9.87. The highest BCUT2D eigenvalue weighted by molar-refractivity contribution is 5.84. The maximum atomic E-state index is 11.4. The number of morpholine rings is 1. The van der Waals surface area contributed by atoms with Crippen LogP contribution < -0.4 is 0 Å². The Balaban J connectivity index is 1.89. The van der Waals surface area contributed by atoms with Gasteiger partial charge in [-0.1, -0.05) is 0 Å². The van der Waals surface area contributed by atoms with Gasteiger partial charge in [0, 0.05) is 12.8 Å². The molecule has 3 aliphatic heterocycles. The maximum Gasteiger partial charge on any atom is 0.410 e. The SMILES string of the molecule is COC(=O)N1[C@@H]2CC(=O)C[C@H]1[C@@H]1O[C@@H]12. The van der Waals surface area contributed by atoms with Crippen molar-refractivity contribution in [3.8, 4) is 0 Å². The van der Waals surface area contributed by atoms with Crippen LogP contribution in [0.4, 0.5) is 4.79 Å². The molecule has 3 rings (SSSR count). The standard InChI is InChI=1S/C9H11NO4/c1-13-9(12)10-5-2-4(11)3-6(10)8-7(5)14-8/h5-8H,2-3H2,1H3/t5-,6+,7-,8+. The van der Waals surface area contributed by atoms with Crippen molar-refractivity contribution < 1.29 is 19.1 Å². The molecule has 14 heavy (non-hydrogen) atoms. The number of epoxide rings is 1. The number of Topliss-reactive ketones (excluding diaryl/α,β-unsaturated/α-hetero) is 1. The zero-order valence-electron chi connectivity index (χ0n) is 7.80. The summed E-state index contributed by atoms with van der Waals surface area (Å²) in [5, 5.41) is 0. The van der Waals surface area contributed by atoms with Crippen LogP contribution in [0.5, 0.6) is 0 Å². The molecule has 5 nitrogen and oxygen atoms in total. The minimum Gasteiger partial charge on any atom is -0.453 e. The van der Waals surface area contributed by atoms with Gasteiger partial charge in [0.15, 0.2) is 0 Å². The summed E-state index contributed by atoms with van der Waals surface area (Å²) >= 11 is 0. The number of carbonyl (C=O) groups excluding carboxylic acids is 2. The molecule has 5 heteroatoms. The second kappa shape index (κ2) is 2.48. The fraction of sp³-hybridized carbons (Fsp3) is 0.778. The van der Waals surface area contributed by atoms with E-state index in [0.29, 0.717) is 12.8 Å². The fourth-order valence-electron chi connectivity index (χ4n) is 2.67. The van der Waals surface area contributed by atoms with E-state index in [0.717, 1.165) is 0 Å². The first-order valence-corrected chi connectivity index (χ1v) is 4.76. The largest absolute Gasteiger partial charge is 0.453 e. The quantitative estimate of drug-likeness (QED) is 0.510. The summed E-state index contributed by atoms with van der Waals surface area (Å²) in [7, 11) is 1.37. The number of amides is 1. The van der Waals surface area contributed by atoms with Gasteiger partial charge >= 0.3 is 6.09 Å². The van der Waals surface area contributed by atoms with Crippen LogP contribution in [0.1, 0.15) is 12.8 Å². The summed E-state index contributed by atoms with van der Waals surface area (Å²) in [5.41, 5.74) is 0. The molecule has 2 bridgehead atoms. The molecule has 3 heterocycles. The van der Waals surface area contributed by atoms with E-state index >= 15 is 0 Å². The third kappa shape index (κ3) is 0.877. The molecule has 0 aromatic heterocycles. The second-order valence-electron chi connectivity index (χ2n) is 4.02. The molecule has 3 aliphatic rings. The van der Waals surface area contributed by atoms with Crippen molar-refractivity contribution in [1.82, 2.24) is 4.90 Å². The van der Waals surface area contributed by atoms with Gasteiger partial charge in [0.25, 0.3) is 0 Å². The topological polar surface area (TPSA) is 59.1 Å². The zero-order valence-corrected chi connectivity index (χ0v) is 7.80. The van der Waals surface area contributed by atoms with Gasteiger partial charge in [0.2, 0.25) is 0 Å². The lowest BCUT2D eigenvalue weighted by Crippen LogP contribution is -2.50. The van der Waals surface area contributed by atoms with Crippen molar-refractivity contribution in [2.45, 2.75) is 37.1 Å². The lowest BCUT2D eigenvalue weighted by molar-refractivity contribution is -0.124. The number of fused-ring (bicyclic) bond motifs is 5. The highest BCUT2D eigenvalue weighted by Crippen LogP contribution is 2.47. The summed E-state index contributed by atoms with van der Waals surface area (Å²) < 4.78 is 10.1. The van der Waals surface area contributed by atoms with Crippen LogP contribution in [-0.4, -0.2) is 48.2 Å². The molecule has 76 valence electrons. The highest BCUT2D eigenvalue weighted by Gasteiger charge is 2.65. The first kappa shape index (κ1) is 8.23. The minimum atomic E-state index is -0.330. The third-order valence-corrected chi connectivity index (χ3v) is 3.29. The molecule has 1 amide bonds. The average Bonchev–Trinajstić information content (AvgIpc) is 2.90. The van der Waals surface area contributed by atoms with Crippen LogP contribution in [0, 0.1) is 0 Å². The molecule has 0 spiro atoms. The summed E-state index contributed by atoms with van der Waals surface area (Å²) in [6.07, 6.45) is 0.693. The molecule has 3 fully saturated rings. The van der Waals surface area contributed by atoms with Crippen LogP contribution in [-0.2, 0) is 14.3 Å². The predicted octanol–water partition coefficient (Wildman–Crippen LogP) is -0.0641. The van der Waals surface area contributed by atoms with Crippen molar-refractivity contribution in [2.24, 2.45) is 0 Å². The van der Waals surface area contributed by atoms with E-state index in [-0.39, 0.29) is 36.2 Å². The van der Waals surface area contributed by atoms with E-state index in [1.54, 1.807) is 4.90 Å². The van der Waals surface area contributed by atoms with E-state index in [1.807, 2.05) is 0 Å². The van der Waals surface area contributed by atoms with Gasteiger partial charge in [-0.3, -0.25) is 9.69 Å². The summed E-state index contributed by atoms with van der Waals surface area (Å²) in [4.78, 5) is 24.4. The van der Waals surface area contributed by atoms with Gasteiger partial charge in [-0.15, -0.1) is 0 Å². The van der Waals surface area contributed by atoms with Gasteiger partial charge in [0.1, 0.15) is 18.0 Å². The molecule has 0 N–H and O–H groups in total. The number of hydrogen-bond acceptors (Lipinski definition) is 4. The van der Waals surface area contributed by atoms with Gasteiger partial charge in [-0.2, -0.15) is 0 Å². The Kier molecular flexibility index (Phi) is 1.45. The van der Waals surface area contributed by atoms with Gasteiger partial charge in [0.05, 0.1) is 19.2 Å². The number of methoxy groups -OCH3 is 1. The molecule has 0 unspecified atom stereocenters. The Hall–Kier alpha value is -1.10. The lowest BCUT2D eigenvalue weighted by atomic mass is 10.0. The smallest absolute Gasteiger partial charge is 0.410 e. The fourth-order valence-corrected chi connectivity index (χ4v) is 2.67. The van der Waals surface area contributed by atoms with E-state index in [1.165, 1.54) is 7.11 Å². The molecule has 0 aromatic carbocycles. The van der Waals surface area contributed by atoms with Crippen LogP contribution >= 0.6 is 0 Å². The molecule has 0 radical (unpaired) electrons. The highest BCUT2D eigenvalue weighted by atomic mass is 16.6. The van der Waals surface area contributed by atoms with Crippen LogP contribution in [0.3, 0.4) is 0 Å². The molecular formula is C9H11NO4. The summed E-state index contributed by atoms with van der Waals surface area (Å²) in [6.45, 7) is 0. The number of ether oxygens (including phenoxy) is 2. The van der Waals surface area contributed by atoms with Crippen LogP contribution in [0.25, 0.3) is 0 Å². The van der Waals surface area contributed by atoms with E-state index in [2.05, 4.69) is 0 Å². The van der Waals surface area contributed by atoms with Crippen LogP contribution in [0.15, 0.2) is 0 Å². The van der Waals surface area contributed by atoms with Crippen molar-refractivity contribution >= 4 is 11.9 Å². The Morgan fingerprint density at radius 2 is 2.00 bits per heavy atom. The predicted molar refractivity (Wildman–Crippen MR) is 44.7 cm³/mol. The lowest BCUT2D eigenvalue weighted by Gasteiger charge is -2.34. The number of hydrogen-bond donors (Lipinski definition) is 0. The Bertz CT molecular complexity index is 296. The monoisotopic (exact) mass is 197 g/mol. The van der Waals surface area contributed by atoms with Crippen LogP contribution in [0.2, 0.25) is 0 Å². The van der Waals surface area contributed by atoms with Gasteiger partial charge < -0.3 is 9.47 Å². The van der Waals surface area contributed by atoms with E-state index in [9.17, 15) is 9.59 Å². The Labute approximate surface area is 81.0 Å². The molecular weight excluding hydrogens is 186 g/mol. The normalized spacial score (nSPS) is 43.5. The molecule has 0 aliphatic carbocycles. The minimum absolute atomic E-state index is 0.0706. The van der Waals surface area contributed by atoms with Gasteiger partial charge in [-0.25, -0.2) is 4.79 Å². The number of piperidine rings is 1. The van der Waals surface area contributed by atoms with Crippen molar-refractivity contribution in [3.05, 3.63) is 0 Å². The maximum absolute atomic E-state index is 11.4. The van der Waals surface area contributed by atoms with Crippen molar-refractivity contribution in [1.29, 1.82) is 0 Å². The van der Waals surface area contributed by atoms with Gasteiger partial charge in [-0.05, 0) is 0 Å². The average molecular weight is 197 g/mol. The van der Waals surface area contributed by atoms with E-state index < -0.39 is 0 Å². The summed E-state index contributed by atoms with van der Waals surface area (Å²) in [5.74, 6) is 0.232. The summed E-state index contributed by atoms with van der Waals surface area (Å²) in [6, 6.07) is -0.141. The first-order valence-electron chi connectivity index (χ1n) is 4.76. The molecule has 0 saturated carbocycles. The Morgan fingerprint density at radius 1 is 1.43 bits per heavy atom. The molecule has 4 atom stereocenters. The number of carbonyl (C=O) groups is 2. The number of rotatable bonds is 0. The number of nitrogens with zero attached hydrogens (tertiary/aromatic N) is 1. The first-order chi connectivity index (χ1) is 6.72. The molecule has 0 aromatic rings. The third-order valence-electron chi connectivity index (χ3n) is 3.29. The molecule has 3 saturated heterocycles.